The molecule has 1 aromatic carbocycles. The fraction of sp³-hybridized carbons (Fsp3) is 0.333. The summed E-state index contributed by atoms with van der Waals surface area (Å²) in [6.07, 6.45) is 2.85. The number of nitrogens with zero attached hydrogens (tertiary/aromatic N) is 2. The molecule has 0 amide bonds. The van der Waals surface area contributed by atoms with Crippen LogP contribution in [0, 0.1) is 6.92 Å². The lowest BCUT2D eigenvalue weighted by Crippen LogP contribution is -2.23. The molecule has 0 bridgehead atoms. The standard InChI is InChI=1S/C15H16N2OS2/c1-9-4-6-11(7-5-9)17-14(18)13-12(8-10(2)20-13)16-15(17)19-3/h4-7,10H,8H2,1-3H3/t10-/m1/s1. The summed E-state index contributed by atoms with van der Waals surface area (Å²) in [5.74, 6) is 0. The molecule has 0 saturated heterocycles. The van der Waals surface area contributed by atoms with Crippen molar-refractivity contribution in [1.82, 2.24) is 9.55 Å². The second-order valence-corrected chi connectivity index (χ2v) is 7.21. The highest BCUT2D eigenvalue weighted by Gasteiger charge is 2.26. The van der Waals surface area contributed by atoms with Gasteiger partial charge in [0.1, 0.15) is 0 Å². The SMILES string of the molecule is CSc1nc2c(c(=O)n1-c1ccc(C)cc1)S[C@H](C)C2. The third kappa shape index (κ3) is 2.29. The van der Waals surface area contributed by atoms with E-state index in [-0.39, 0.29) is 5.56 Å². The molecule has 0 spiro atoms. The van der Waals surface area contributed by atoms with Crippen LogP contribution in [0.3, 0.4) is 0 Å². The molecule has 1 aliphatic heterocycles. The fourth-order valence-electron chi connectivity index (χ4n) is 2.36. The first-order chi connectivity index (χ1) is 9.60. The molecule has 0 radical (unpaired) electrons. The smallest absolute Gasteiger partial charge is 0.268 e. The topological polar surface area (TPSA) is 34.9 Å². The largest absolute Gasteiger partial charge is 0.272 e. The van der Waals surface area contributed by atoms with Gasteiger partial charge in [-0.2, -0.15) is 0 Å². The number of aromatic nitrogens is 2. The Hall–Kier alpha value is -1.20. The fourth-order valence-corrected chi connectivity index (χ4v) is 4.03. The van der Waals surface area contributed by atoms with E-state index >= 15 is 0 Å². The first-order valence-electron chi connectivity index (χ1n) is 6.53. The molecule has 1 atom stereocenters. The summed E-state index contributed by atoms with van der Waals surface area (Å²) < 4.78 is 1.73. The van der Waals surface area contributed by atoms with E-state index in [1.807, 2.05) is 37.4 Å². The van der Waals surface area contributed by atoms with Crippen molar-refractivity contribution in [3.8, 4) is 5.69 Å². The third-order valence-electron chi connectivity index (χ3n) is 3.36. The van der Waals surface area contributed by atoms with E-state index in [1.165, 1.54) is 17.3 Å². The van der Waals surface area contributed by atoms with Gasteiger partial charge in [-0.25, -0.2) is 4.98 Å². The van der Waals surface area contributed by atoms with Gasteiger partial charge in [0.05, 0.1) is 16.3 Å². The molecule has 3 nitrogen and oxygen atoms in total. The lowest BCUT2D eigenvalue weighted by Gasteiger charge is -2.12. The van der Waals surface area contributed by atoms with Crippen LogP contribution in [-0.4, -0.2) is 21.1 Å². The summed E-state index contributed by atoms with van der Waals surface area (Å²) in [5.41, 5.74) is 3.10. The van der Waals surface area contributed by atoms with Gasteiger partial charge in [-0.05, 0) is 25.3 Å². The molecule has 0 saturated carbocycles. The molecule has 1 aliphatic rings. The minimum Gasteiger partial charge on any atom is -0.268 e. The van der Waals surface area contributed by atoms with E-state index in [1.54, 1.807) is 16.3 Å². The zero-order valence-corrected chi connectivity index (χ0v) is 13.3. The van der Waals surface area contributed by atoms with Crippen LogP contribution in [0.1, 0.15) is 18.2 Å². The minimum atomic E-state index is 0.0672. The number of hydrogen-bond donors (Lipinski definition) is 0. The first-order valence-corrected chi connectivity index (χ1v) is 8.64. The Balaban J connectivity index is 2.23. The quantitative estimate of drug-likeness (QED) is 0.630. The maximum atomic E-state index is 12.8. The number of thioether (sulfide) groups is 2. The van der Waals surface area contributed by atoms with Gasteiger partial charge in [0.25, 0.3) is 5.56 Å². The summed E-state index contributed by atoms with van der Waals surface area (Å²) in [6.45, 7) is 4.18. The summed E-state index contributed by atoms with van der Waals surface area (Å²) in [7, 11) is 0. The van der Waals surface area contributed by atoms with E-state index < -0.39 is 0 Å². The Morgan fingerprint density at radius 2 is 2.05 bits per heavy atom. The highest BCUT2D eigenvalue weighted by molar-refractivity contribution is 8.00. The Morgan fingerprint density at radius 3 is 2.70 bits per heavy atom. The number of aryl methyl sites for hydroxylation is 1. The molecule has 104 valence electrons. The second-order valence-electron chi connectivity index (χ2n) is 4.98. The van der Waals surface area contributed by atoms with Gasteiger partial charge in [0.2, 0.25) is 0 Å². The molecule has 0 aliphatic carbocycles. The van der Waals surface area contributed by atoms with Crippen molar-refractivity contribution < 1.29 is 0 Å². The summed E-state index contributed by atoms with van der Waals surface area (Å²) in [4.78, 5) is 18.3. The van der Waals surface area contributed by atoms with Crippen molar-refractivity contribution in [3.05, 3.63) is 45.9 Å². The van der Waals surface area contributed by atoms with Crippen molar-refractivity contribution in [1.29, 1.82) is 0 Å². The molecule has 0 unspecified atom stereocenters. The molecule has 5 heteroatoms. The molecular formula is C15H16N2OS2. The van der Waals surface area contributed by atoms with Crippen molar-refractivity contribution in [3.63, 3.8) is 0 Å². The van der Waals surface area contributed by atoms with Crippen LogP contribution in [0.4, 0.5) is 0 Å². The third-order valence-corrected chi connectivity index (χ3v) is 5.21. The first kappa shape index (κ1) is 13.8. The van der Waals surface area contributed by atoms with Crippen LogP contribution in [0.2, 0.25) is 0 Å². The van der Waals surface area contributed by atoms with Gasteiger partial charge in [0.15, 0.2) is 5.16 Å². The number of hydrogen-bond acceptors (Lipinski definition) is 4. The van der Waals surface area contributed by atoms with Gasteiger partial charge in [-0.15, -0.1) is 11.8 Å². The van der Waals surface area contributed by atoms with Gasteiger partial charge in [-0.1, -0.05) is 36.4 Å². The molecule has 3 rings (SSSR count). The molecule has 1 aromatic heterocycles. The zero-order chi connectivity index (χ0) is 14.3. The molecule has 20 heavy (non-hydrogen) atoms. The second kappa shape index (κ2) is 5.30. The normalized spacial score (nSPS) is 17.2. The van der Waals surface area contributed by atoms with E-state index in [9.17, 15) is 4.79 Å². The Bertz CT molecular complexity index is 707. The Kier molecular flexibility index (Phi) is 3.65. The zero-order valence-electron chi connectivity index (χ0n) is 11.7. The van der Waals surface area contributed by atoms with Gasteiger partial charge >= 0.3 is 0 Å². The van der Waals surface area contributed by atoms with Crippen LogP contribution in [-0.2, 0) is 6.42 Å². The predicted molar refractivity (Wildman–Crippen MR) is 85.4 cm³/mol. The maximum Gasteiger partial charge on any atom is 0.272 e. The van der Waals surface area contributed by atoms with Crippen LogP contribution in [0.15, 0.2) is 39.1 Å². The summed E-state index contributed by atoms with van der Waals surface area (Å²) in [5, 5.41) is 1.21. The monoisotopic (exact) mass is 304 g/mol. The predicted octanol–water partition coefficient (Wildman–Crippen LogP) is 3.30. The average Bonchev–Trinajstić information content (AvgIpc) is 2.81. The van der Waals surface area contributed by atoms with Crippen molar-refractivity contribution in [2.24, 2.45) is 0 Å². The summed E-state index contributed by atoms with van der Waals surface area (Å²) >= 11 is 3.16. The lowest BCUT2D eigenvalue weighted by molar-refractivity contribution is 0.732. The van der Waals surface area contributed by atoms with Crippen molar-refractivity contribution >= 4 is 23.5 Å². The summed E-state index contributed by atoms with van der Waals surface area (Å²) in [6, 6.07) is 8.00. The highest BCUT2D eigenvalue weighted by Crippen LogP contribution is 2.34. The van der Waals surface area contributed by atoms with Gasteiger partial charge < -0.3 is 0 Å². The van der Waals surface area contributed by atoms with Crippen molar-refractivity contribution in [2.45, 2.75) is 35.6 Å². The van der Waals surface area contributed by atoms with Crippen molar-refractivity contribution in [2.75, 3.05) is 6.26 Å². The number of fused-ring (bicyclic) bond motifs is 1. The van der Waals surface area contributed by atoms with E-state index in [0.717, 1.165) is 27.9 Å². The Morgan fingerprint density at radius 1 is 1.35 bits per heavy atom. The molecule has 0 fully saturated rings. The average molecular weight is 304 g/mol. The van der Waals surface area contributed by atoms with Gasteiger partial charge in [-0.3, -0.25) is 9.36 Å². The molecular weight excluding hydrogens is 288 g/mol. The minimum absolute atomic E-state index is 0.0672. The highest BCUT2D eigenvalue weighted by atomic mass is 32.2. The van der Waals surface area contributed by atoms with E-state index in [4.69, 9.17) is 0 Å². The number of benzene rings is 1. The molecule has 2 aromatic rings. The molecule has 0 N–H and O–H groups in total. The van der Waals surface area contributed by atoms with Crippen LogP contribution < -0.4 is 5.56 Å². The molecule has 2 heterocycles. The maximum absolute atomic E-state index is 12.8. The number of rotatable bonds is 2. The van der Waals surface area contributed by atoms with Crippen LogP contribution in [0.25, 0.3) is 5.69 Å². The van der Waals surface area contributed by atoms with Gasteiger partial charge in [0, 0.05) is 11.7 Å². The van der Waals surface area contributed by atoms with Crippen LogP contribution in [0.5, 0.6) is 0 Å². The lowest BCUT2D eigenvalue weighted by atomic mass is 10.2. The van der Waals surface area contributed by atoms with Crippen LogP contribution >= 0.6 is 23.5 Å². The Labute approximate surface area is 126 Å². The van der Waals surface area contributed by atoms with E-state index in [0.29, 0.717) is 5.25 Å². The van der Waals surface area contributed by atoms with E-state index in [2.05, 4.69) is 11.9 Å².